The van der Waals surface area contributed by atoms with Crippen molar-refractivity contribution in [2.24, 2.45) is 11.8 Å². The van der Waals surface area contributed by atoms with Gasteiger partial charge in [0, 0.05) is 0 Å². The Labute approximate surface area is 102 Å². The third-order valence-corrected chi connectivity index (χ3v) is 3.51. The first-order valence-corrected chi connectivity index (χ1v) is 6.52. The van der Waals surface area contributed by atoms with E-state index in [1.165, 1.54) is 32.1 Å². The number of rotatable bonds is 6. The van der Waals surface area contributed by atoms with E-state index >= 15 is 0 Å². The molecule has 1 N–H and O–H groups in total. The number of carboxylic acids is 1. The number of carboxylic acid groups (broad SMARTS) is 1. The van der Waals surface area contributed by atoms with Gasteiger partial charge in [-0.2, -0.15) is 0 Å². The van der Waals surface area contributed by atoms with Gasteiger partial charge in [0.1, 0.15) is 0 Å². The van der Waals surface area contributed by atoms with Crippen LogP contribution in [0.25, 0.3) is 0 Å². The molecule has 1 unspecified atom stereocenters. The van der Waals surface area contributed by atoms with E-state index in [4.69, 9.17) is 9.84 Å². The number of esters is 1. The molecule has 0 spiro atoms. The van der Waals surface area contributed by atoms with Crippen LogP contribution in [0.2, 0.25) is 0 Å². The molecule has 1 atom stereocenters. The monoisotopic (exact) mass is 242 g/mol. The van der Waals surface area contributed by atoms with Crippen LogP contribution < -0.4 is 0 Å². The average Bonchev–Trinajstić information content (AvgIpc) is 2.34. The summed E-state index contributed by atoms with van der Waals surface area (Å²) in [4.78, 5) is 22.0. The zero-order valence-electron chi connectivity index (χ0n) is 10.5. The van der Waals surface area contributed by atoms with Gasteiger partial charge < -0.3 is 9.84 Å². The SMILES string of the molecule is CCC(CC1CCCCC1)C(=O)OCC(=O)O. The lowest BCUT2D eigenvalue weighted by Crippen LogP contribution is -2.23. The van der Waals surface area contributed by atoms with E-state index in [9.17, 15) is 9.59 Å². The summed E-state index contributed by atoms with van der Waals surface area (Å²) in [6, 6.07) is 0. The van der Waals surface area contributed by atoms with Gasteiger partial charge >= 0.3 is 11.9 Å². The highest BCUT2D eigenvalue weighted by Gasteiger charge is 2.24. The molecule has 4 nitrogen and oxygen atoms in total. The fourth-order valence-corrected chi connectivity index (χ4v) is 2.51. The first-order valence-electron chi connectivity index (χ1n) is 6.52. The van der Waals surface area contributed by atoms with Crippen LogP contribution in [0.4, 0.5) is 0 Å². The molecule has 0 aromatic heterocycles. The smallest absolute Gasteiger partial charge is 0.341 e. The summed E-state index contributed by atoms with van der Waals surface area (Å²) in [6.07, 6.45) is 7.79. The standard InChI is InChI=1S/C13H22O4/c1-2-11(13(16)17-9-12(14)15)8-10-6-4-3-5-7-10/h10-11H,2-9H2,1H3,(H,14,15). The second kappa shape index (κ2) is 7.30. The Morgan fingerprint density at radius 3 is 2.47 bits per heavy atom. The van der Waals surface area contributed by atoms with Gasteiger partial charge in [0.05, 0.1) is 5.92 Å². The Bertz CT molecular complexity index is 256. The molecule has 1 saturated carbocycles. The molecule has 0 saturated heterocycles. The lowest BCUT2D eigenvalue weighted by molar-refractivity contribution is -0.158. The summed E-state index contributed by atoms with van der Waals surface area (Å²) in [5.41, 5.74) is 0. The highest BCUT2D eigenvalue weighted by atomic mass is 16.5. The summed E-state index contributed by atoms with van der Waals surface area (Å²) in [5.74, 6) is -0.949. The fourth-order valence-electron chi connectivity index (χ4n) is 2.51. The predicted octanol–water partition coefficient (Wildman–Crippen LogP) is 2.61. The molecule has 0 heterocycles. The van der Waals surface area contributed by atoms with Crippen LogP contribution in [0.5, 0.6) is 0 Å². The Morgan fingerprint density at radius 1 is 1.29 bits per heavy atom. The summed E-state index contributed by atoms with van der Waals surface area (Å²) in [6.45, 7) is 1.44. The van der Waals surface area contributed by atoms with Crippen molar-refractivity contribution in [3.8, 4) is 0 Å². The van der Waals surface area contributed by atoms with Gasteiger partial charge in [0.2, 0.25) is 0 Å². The molecule has 0 aromatic rings. The van der Waals surface area contributed by atoms with E-state index in [0.29, 0.717) is 5.92 Å². The molecule has 4 heteroatoms. The van der Waals surface area contributed by atoms with Gasteiger partial charge in [-0.05, 0) is 18.8 Å². The molecule has 98 valence electrons. The Hall–Kier alpha value is -1.06. The third-order valence-electron chi connectivity index (χ3n) is 3.51. The zero-order valence-corrected chi connectivity index (χ0v) is 10.5. The van der Waals surface area contributed by atoms with Crippen LogP contribution in [-0.4, -0.2) is 23.7 Å². The third kappa shape index (κ3) is 5.20. The number of carbonyl (C=O) groups excluding carboxylic acids is 1. The van der Waals surface area contributed by atoms with Crippen LogP contribution >= 0.6 is 0 Å². The van der Waals surface area contributed by atoms with Gasteiger partial charge in [-0.3, -0.25) is 4.79 Å². The van der Waals surface area contributed by atoms with Gasteiger partial charge in [-0.1, -0.05) is 39.0 Å². The highest BCUT2D eigenvalue weighted by molar-refractivity contribution is 5.76. The lowest BCUT2D eigenvalue weighted by atomic mass is 9.82. The fraction of sp³-hybridized carbons (Fsp3) is 0.846. The van der Waals surface area contributed by atoms with E-state index in [1.807, 2.05) is 6.92 Å². The van der Waals surface area contributed by atoms with Crippen molar-refractivity contribution in [3.05, 3.63) is 0 Å². The van der Waals surface area contributed by atoms with Crippen molar-refractivity contribution in [3.63, 3.8) is 0 Å². The lowest BCUT2D eigenvalue weighted by Gasteiger charge is -2.24. The van der Waals surface area contributed by atoms with Crippen molar-refractivity contribution >= 4 is 11.9 Å². The molecular weight excluding hydrogens is 220 g/mol. The minimum atomic E-state index is -1.09. The molecule has 1 aliphatic carbocycles. The van der Waals surface area contributed by atoms with Gasteiger partial charge in [0.15, 0.2) is 6.61 Å². The molecule has 0 aromatic carbocycles. The van der Waals surface area contributed by atoms with Gasteiger partial charge in [-0.15, -0.1) is 0 Å². The predicted molar refractivity (Wildman–Crippen MR) is 63.6 cm³/mol. The van der Waals surface area contributed by atoms with E-state index in [0.717, 1.165) is 12.8 Å². The second-order valence-electron chi connectivity index (χ2n) is 4.85. The molecule has 0 bridgehead atoms. The molecule has 1 fully saturated rings. The topological polar surface area (TPSA) is 63.6 Å². The molecule has 1 aliphatic rings. The van der Waals surface area contributed by atoms with Crippen molar-refractivity contribution in [1.82, 2.24) is 0 Å². The van der Waals surface area contributed by atoms with Crippen LogP contribution in [0.3, 0.4) is 0 Å². The van der Waals surface area contributed by atoms with E-state index in [-0.39, 0.29) is 11.9 Å². The number of aliphatic carboxylic acids is 1. The molecule has 0 aliphatic heterocycles. The zero-order chi connectivity index (χ0) is 12.7. The maximum absolute atomic E-state index is 11.7. The normalized spacial score (nSPS) is 18.6. The maximum atomic E-state index is 11.7. The van der Waals surface area contributed by atoms with Gasteiger partial charge in [0.25, 0.3) is 0 Å². The van der Waals surface area contributed by atoms with E-state index < -0.39 is 12.6 Å². The second-order valence-corrected chi connectivity index (χ2v) is 4.85. The molecular formula is C13H22O4. The Kier molecular flexibility index (Phi) is 6.01. The van der Waals surface area contributed by atoms with Crippen LogP contribution in [0, 0.1) is 11.8 Å². The molecule has 1 rings (SSSR count). The molecule has 0 radical (unpaired) electrons. The summed E-state index contributed by atoms with van der Waals surface area (Å²) < 4.78 is 4.76. The first kappa shape index (κ1) is 14.0. The number of carbonyl (C=O) groups is 2. The number of hydrogen-bond donors (Lipinski definition) is 1. The largest absolute Gasteiger partial charge is 0.479 e. The van der Waals surface area contributed by atoms with Crippen LogP contribution in [-0.2, 0) is 14.3 Å². The average molecular weight is 242 g/mol. The molecule has 0 amide bonds. The minimum absolute atomic E-state index is 0.127. The van der Waals surface area contributed by atoms with Crippen molar-refractivity contribution in [1.29, 1.82) is 0 Å². The maximum Gasteiger partial charge on any atom is 0.341 e. The summed E-state index contributed by atoms with van der Waals surface area (Å²) in [5, 5.41) is 8.46. The Morgan fingerprint density at radius 2 is 1.94 bits per heavy atom. The number of ether oxygens (including phenoxy) is 1. The minimum Gasteiger partial charge on any atom is -0.479 e. The van der Waals surface area contributed by atoms with Crippen molar-refractivity contribution in [2.45, 2.75) is 51.9 Å². The molecule has 17 heavy (non-hydrogen) atoms. The van der Waals surface area contributed by atoms with Crippen LogP contribution in [0.15, 0.2) is 0 Å². The van der Waals surface area contributed by atoms with Crippen LogP contribution in [0.1, 0.15) is 51.9 Å². The summed E-state index contributed by atoms with van der Waals surface area (Å²) in [7, 11) is 0. The highest BCUT2D eigenvalue weighted by Crippen LogP contribution is 2.30. The van der Waals surface area contributed by atoms with Crippen molar-refractivity contribution in [2.75, 3.05) is 6.61 Å². The van der Waals surface area contributed by atoms with Gasteiger partial charge in [-0.25, -0.2) is 4.79 Å². The first-order chi connectivity index (χ1) is 8.13. The quantitative estimate of drug-likeness (QED) is 0.727. The van der Waals surface area contributed by atoms with Crippen molar-refractivity contribution < 1.29 is 19.4 Å². The Balaban J connectivity index is 2.35. The summed E-state index contributed by atoms with van der Waals surface area (Å²) >= 11 is 0. The van der Waals surface area contributed by atoms with E-state index in [1.54, 1.807) is 0 Å². The van der Waals surface area contributed by atoms with E-state index in [2.05, 4.69) is 0 Å². The number of hydrogen-bond acceptors (Lipinski definition) is 3.